The number of hydrogen-bond donors (Lipinski definition) is 1. The Morgan fingerprint density at radius 2 is 2.12 bits per heavy atom. The molecule has 24 heavy (non-hydrogen) atoms. The number of anilines is 1. The van der Waals surface area contributed by atoms with Gasteiger partial charge < -0.3 is 15.1 Å². The van der Waals surface area contributed by atoms with E-state index in [4.69, 9.17) is 0 Å². The van der Waals surface area contributed by atoms with Crippen LogP contribution in [-0.2, 0) is 27.3 Å². The largest absolute Gasteiger partial charge is 0.336 e. The Bertz CT molecular complexity index is 669. The number of likely N-dealkylation sites (N-methyl/N-ethyl adjacent to an activating group) is 1. The molecule has 0 saturated carbocycles. The molecule has 1 N–H and O–H groups in total. The Morgan fingerprint density at radius 1 is 1.38 bits per heavy atom. The maximum atomic E-state index is 12.5. The molecular weight excluding hydrogens is 306 g/mol. The first kappa shape index (κ1) is 17.7. The van der Waals surface area contributed by atoms with Crippen LogP contribution >= 0.6 is 0 Å². The van der Waals surface area contributed by atoms with Crippen LogP contribution in [0.4, 0.5) is 5.69 Å². The van der Waals surface area contributed by atoms with E-state index >= 15 is 0 Å². The molecule has 0 unspecified atom stereocenters. The number of nitrogens with one attached hydrogen (secondary N) is 1. The van der Waals surface area contributed by atoms with Crippen LogP contribution in [0.5, 0.6) is 0 Å². The summed E-state index contributed by atoms with van der Waals surface area (Å²) in [6.07, 6.45) is 1.90. The van der Waals surface area contributed by atoms with Crippen molar-refractivity contribution >= 4 is 23.4 Å². The summed E-state index contributed by atoms with van der Waals surface area (Å²) < 4.78 is 0. The van der Waals surface area contributed by atoms with Gasteiger partial charge in [0.25, 0.3) is 0 Å². The second-order valence-corrected chi connectivity index (χ2v) is 5.75. The summed E-state index contributed by atoms with van der Waals surface area (Å²) >= 11 is 0. The third-order valence-electron chi connectivity index (χ3n) is 4.12. The van der Waals surface area contributed by atoms with Crippen LogP contribution in [0.25, 0.3) is 0 Å². The Hall–Kier alpha value is -2.63. The van der Waals surface area contributed by atoms with Crippen LogP contribution in [0.3, 0.4) is 0 Å². The van der Waals surface area contributed by atoms with Gasteiger partial charge in [0.05, 0.1) is 0 Å². The first-order valence-electron chi connectivity index (χ1n) is 8.03. The maximum Gasteiger partial charge on any atom is 0.246 e. The van der Waals surface area contributed by atoms with Gasteiger partial charge in [-0.05, 0) is 36.6 Å². The minimum atomic E-state index is -0.240. The van der Waals surface area contributed by atoms with E-state index in [9.17, 15) is 14.4 Å². The van der Waals surface area contributed by atoms with Gasteiger partial charge in [-0.2, -0.15) is 0 Å². The lowest BCUT2D eigenvalue weighted by atomic mass is 9.97. The van der Waals surface area contributed by atoms with Crippen LogP contribution in [-0.4, -0.2) is 47.2 Å². The highest BCUT2D eigenvalue weighted by atomic mass is 16.2. The lowest BCUT2D eigenvalue weighted by Crippen LogP contribution is -2.44. The maximum absolute atomic E-state index is 12.5. The van der Waals surface area contributed by atoms with E-state index in [0.29, 0.717) is 26.1 Å². The summed E-state index contributed by atoms with van der Waals surface area (Å²) in [5.74, 6) is -0.428. The Kier molecular flexibility index (Phi) is 5.73. The van der Waals surface area contributed by atoms with Crippen LogP contribution in [0.2, 0.25) is 0 Å². The Balaban J connectivity index is 2.09. The van der Waals surface area contributed by atoms with Gasteiger partial charge in [0.15, 0.2) is 0 Å². The van der Waals surface area contributed by atoms with E-state index in [1.54, 1.807) is 4.90 Å². The van der Waals surface area contributed by atoms with E-state index in [-0.39, 0.29) is 24.3 Å². The highest BCUT2D eigenvalue weighted by Crippen LogP contribution is 2.26. The van der Waals surface area contributed by atoms with Crippen molar-refractivity contribution in [3.05, 3.63) is 42.0 Å². The fourth-order valence-electron chi connectivity index (χ4n) is 2.87. The van der Waals surface area contributed by atoms with Gasteiger partial charge in [0, 0.05) is 32.2 Å². The molecule has 0 saturated heterocycles. The predicted octanol–water partition coefficient (Wildman–Crippen LogP) is 1.56. The Morgan fingerprint density at radius 3 is 2.75 bits per heavy atom. The summed E-state index contributed by atoms with van der Waals surface area (Å²) in [6, 6.07) is 5.71. The third kappa shape index (κ3) is 4.01. The number of rotatable bonds is 5. The highest BCUT2D eigenvalue weighted by Gasteiger charge is 2.24. The van der Waals surface area contributed by atoms with Gasteiger partial charge in [0.1, 0.15) is 6.54 Å². The quantitative estimate of drug-likeness (QED) is 0.834. The highest BCUT2D eigenvalue weighted by molar-refractivity contribution is 5.91. The van der Waals surface area contributed by atoms with Gasteiger partial charge in [-0.1, -0.05) is 18.7 Å². The molecule has 0 aromatic heterocycles. The molecule has 1 heterocycles. The van der Waals surface area contributed by atoms with Gasteiger partial charge in [0.2, 0.25) is 17.7 Å². The number of benzene rings is 1. The molecule has 1 aromatic carbocycles. The molecule has 128 valence electrons. The molecule has 0 radical (unpaired) electrons. The van der Waals surface area contributed by atoms with E-state index < -0.39 is 0 Å². The van der Waals surface area contributed by atoms with Crippen molar-refractivity contribution in [1.82, 2.24) is 9.80 Å². The average Bonchev–Trinajstić information content (AvgIpc) is 2.58. The lowest BCUT2D eigenvalue weighted by molar-refractivity contribution is -0.138. The standard InChI is InChI=1S/C18H23N3O3/c1-4-17(23)20(5-2)12-18(24)21-10-9-15-14(11-21)7-6-8-16(15)19-13(3)22/h4,6-8H,1,5,9-12H2,2-3H3,(H,19,22). The van der Waals surface area contributed by atoms with Crippen molar-refractivity contribution < 1.29 is 14.4 Å². The fraction of sp³-hybridized carbons (Fsp3) is 0.389. The summed E-state index contributed by atoms with van der Waals surface area (Å²) in [7, 11) is 0. The van der Waals surface area contributed by atoms with Crippen molar-refractivity contribution in [2.75, 3.05) is 25.0 Å². The monoisotopic (exact) mass is 329 g/mol. The molecule has 1 aliphatic heterocycles. The number of carbonyl (C=O) groups is 3. The second kappa shape index (κ2) is 7.77. The van der Waals surface area contributed by atoms with Crippen LogP contribution < -0.4 is 5.32 Å². The number of carbonyl (C=O) groups excluding carboxylic acids is 3. The van der Waals surface area contributed by atoms with Crippen LogP contribution in [0.15, 0.2) is 30.9 Å². The molecular formula is C18H23N3O3. The van der Waals surface area contributed by atoms with Gasteiger partial charge in [-0.15, -0.1) is 0 Å². The molecule has 2 rings (SSSR count). The van der Waals surface area contributed by atoms with E-state index in [2.05, 4.69) is 11.9 Å². The van der Waals surface area contributed by atoms with Crippen molar-refractivity contribution in [1.29, 1.82) is 0 Å². The first-order chi connectivity index (χ1) is 11.5. The van der Waals surface area contributed by atoms with E-state index in [1.165, 1.54) is 17.9 Å². The van der Waals surface area contributed by atoms with Crippen molar-refractivity contribution in [3.8, 4) is 0 Å². The molecule has 1 aromatic rings. The Labute approximate surface area is 142 Å². The van der Waals surface area contributed by atoms with Crippen molar-refractivity contribution in [3.63, 3.8) is 0 Å². The number of nitrogens with zero attached hydrogens (tertiary/aromatic N) is 2. The van der Waals surface area contributed by atoms with E-state index in [1.807, 2.05) is 25.1 Å². The zero-order valence-electron chi connectivity index (χ0n) is 14.2. The zero-order chi connectivity index (χ0) is 17.7. The van der Waals surface area contributed by atoms with Crippen LogP contribution in [0.1, 0.15) is 25.0 Å². The number of hydrogen-bond acceptors (Lipinski definition) is 3. The van der Waals surface area contributed by atoms with E-state index in [0.717, 1.165) is 16.8 Å². The van der Waals surface area contributed by atoms with Gasteiger partial charge in [-0.25, -0.2) is 0 Å². The minimum Gasteiger partial charge on any atom is -0.336 e. The molecule has 0 bridgehead atoms. The molecule has 6 heteroatoms. The number of fused-ring (bicyclic) bond motifs is 1. The van der Waals surface area contributed by atoms with Crippen LogP contribution in [0, 0.1) is 0 Å². The summed E-state index contributed by atoms with van der Waals surface area (Å²) in [5.41, 5.74) is 2.91. The SMILES string of the molecule is C=CC(=O)N(CC)CC(=O)N1CCc2c(cccc2NC(C)=O)C1. The zero-order valence-corrected chi connectivity index (χ0v) is 14.2. The summed E-state index contributed by atoms with van der Waals surface area (Å²) in [4.78, 5) is 38.7. The third-order valence-corrected chi connectivity index (χ3v) is 4.12. The molecule has 0 atom stereocenters. The molecule has 0 aliphatic carbocycles. The minimum absolute atomic E-state index is 0.0576. The normalized spacial score (nSPS) is 13.0. The lowest BCUT2D eigenvalue weighted by Gasteiger charge is -2.31. The van der Waals surface area contributed by atoms with Crippen molar-refractivity contribution in [2.24, 2.45) is 0 Å². The predicted molar refractivity (Wildman–Crippen MR) is 92.3 cm³/mol. The summed E-state index contributed by atoms with van der Waals surface area (Å²) in [5, 5.41) is 2.83. The molecule has 6 nitrogen and oxygen atoms in total. The van der Waals surface area contributed by atoms with Gasteiger partial charge >= 0.3 is 0 Å². The first-order valence-corrected chi connectivity index (χ1v) is 8.03. The number of amides is 3. The molecule has 3 amide bonds. The topological polar surface area (TPSA) is 69.7 Å². The average molecular weight is 329 g/mol. The molecule has 0 fully saturated rings. The summed E-state index contributed by atoms with van der Waals surface area (Å²) in [6.45, 7) is 8.36. The smallest absolute Gasteiger partial charge is 0.246 e. The second-order valence-electron chi connectivity index (χ2n) is 5.75. The van der Waals surface area contributed by atoms with Crippen molar-refractivity contribution in [2.45, 2.75) is 26.8 Å². The fourth-order valence-corrected chi connectivity index (χ4v) is 2.87. The molecule has 1 aliphatic rings. The van der Waals surface area contributed by atoms with Gasteiger partial charge in [-0.3, -0.25) is 14.4 Å². The molecule has 0 spiro atoms.